The monoisotopic (exact) mass is 262 g/mol. The highest BCUT2D eigenvalue weighted by Gasteiger charge is 2.24. The molecule has 1 saturated carbocycles. The molecule has 0 amide bonds. The lowest BCUT2D eigenvalue weighted by Crippen LogP contribution is -2.41. The Hall–Kier alpha value is -1.16. The Morgan fingerprint density at radius 3 is 2.79 bits per heavy atom. The Morgan fingerprint density at radius 1 is 1.26 bits per heavy atom. The Morgan fingerprint density at radius 2 is 2.05 bits per heavy atom. The summed E-state index contributed by atoms with van der Waals surface area (Å²) < 4.78 is 5.34. The number of hydrogen-bond acceptors (Lipinski definition) is 4. The second kappa shape index (κ2) is 5.87. The molecular formula is C15H22N2O2. The van der Waals surface area contributed by atoms with E-state index in [0.29, 0.717) is 12.3 Å². The molecule has 0 unspecified atom stereocenters. The van der Waals surface area contributed by atoms with Crippen LogP contribution in [0.15, 0.2) is 10.6 Å². The molecule has 1 aliphatic heterocycles. The van der Waals surface area contributed by atoms with Crippen molar-refractivity contribution in [2.75, 3.05) is 6.54 Å². The Labute approximate surface area is 113 Å². The van der Waals surface area contributed by atoms with Gasteiger partial charge in [0, 0.05) is 12.0 Å². The maximum Gasteiger partial charge on any atom is 0.157 e. The van der Waals surface area contributed by atoms with Crippen molar-refractivity contribution < 1.29 is 9.32 Å². The third-order valence-corrected chi connectivity index (χ3v) is 4.40. The van der Waals surface area contributed by atoms with Gasteiger partial charge in [-0.15, -0.1) is 0 Å². The van der Waals surface area contributed by atoms with Crippen LogP contribution in [0.4, 0.5) is 0 Å². The van der Waals surface area contributed by atoms with Gasteiger partial charge in [0.1, 0.15) is 5.76 Å². The molecule has 1 N–H and O–H groups in total. The first-order chi connectivity index (χ1) is 9.33. The molecule has 2 heterocycles. The molecule has 1 atom stereocenters. The summed E-state index contributed by atoms with van der Waals surface area (Å²) in [6.07, 6.45) is 8.68. The number of Topliss-reactive ketones (excluding diaryl/α,β-unsaturated/α-hetero) is 1. The number of hydrogen-bond donors (Lipinski definition) is 1. The normalized spacial score (nSPS) is 24.7. The predicted molar refractivity (Wildman–Crippen MR) is 72.1 cm³/mol. The van der Waals surface area contributed by atoms with Crippen LogP contribution < -0.4 is 5.32 Å². The fourth-order valence-electron chi connectivity index (χ4n) is 3.25. The summed E-state index contributed by atoms with van der Waals surface area (Å²) >= 11 is 0. The van der Waals surface area contributed by atoms with Gasteiger partial charge in [-0.1, -0.05) is 24.4 Å². The van der Waals surface area contributed by atoms with E-state index >= 15 is 0 Å². The number of nitrogens with zero attached hydrogens (tertiary/aromatic N) is 1. The number of rotatable bonds is 4. The van der Waals surface area contributed by atoms with Crippen molar-refractivity contribution in [3.8, 4) is 0 Å². The lowest BCUT2D eigenvalue weighted by atomic mass is 9.98. The molecule has 2 aliphatic rings. The number of carbonyl (C=O) groups is 1. The van der Waals surface area contributed by atoms with E-state index in [4.69, 9.17) is 4.52 Å². The minimum absolute atomic E-state index is 0.0220. The molecule has 1 aromatic rings. The Bertz CT molecular complexity index is 429. The molecule has 1 aliphatic carbocycles. The average Bonchev–Trinajstić information content (AvgIpc) is 3.10. The molecule has 1 aromatic heterocycles. The lowest BCUT2D eigenvalue weighted by molar-refractivity contribution is -0.121. The van der Waals surface area contributed by atoms with Gasteiger partial charge in [-0.25, -0.2) is 0 Å². The topological polar surface area (TPSA) is 55.1 Å². The summed E-state index contributed by atoms with van der Waals surface area (Å²) in [6, 6.07) is 2.02. The quantitative estimate of drug-likeness (QED) is 0.906. The highest BCUT2D eigenvalue weighted by atomic mass is 16.5. The van der Waals surface area contributed by atoms with Crippen LogP contribution in [0.3, 0.4) is 0 Å². The van der Waals surface area contributed by atoms with Crippen molar-refractivity contribution in [1.29, 1.82) is 0 Å². The van der Waals surface area contributed by atoms with Crippen LogP contribution in [0.5, 0.6) is 0 Å². The van der Waals surface area contributed by atoms with Crippen LogP contribution >= 0.6 is 0 Å². The number of carbonyl (C=O) groups excluding carboxylic acids is 1. The maximum atomic E-state index is 12.1. The highest BCUT2D eigenvalue weighted by Crippen LogP contribution is 2.33. The third-order valence-electron chi connectivity index (χ3n) is 4.40. The van der Waals surface area contributed by atoms with Gasteiger partial charge in [0.2, 0.25) is 0 Å². The standard InChI is InChI=1S/C15H22N2O2/c18-15(13-7-3-4-8-16-13)10-12-9-14(17-19-12)11-5-1-2-6-11/h9,11,13,16H,1-8,10H2/t13-/m0/s1. The van der Waals surface area contributed by atoms with Gasteiger partial charge in [-0.2, -0.15) is 0 Å². The van der Waals surface area contributed by atoms with E-state index in [1.807, 2.05) is 6.07 Å². The zero-order valence-electron chi connectivity index (χ0n) is 11.4. The Kier molecular flexibility index (Phi) is 3.97. The van der Waals surface area contributed by atoms with Crippen LogP contribution in [0, 0.1) is 0 Å². The van der Waals surface area contributed by atoms with E-state index in [2.05, 4.69) is 10.5 Å². The fourth-order valence-corrected chi connectivity index (χ4v) is 3.25. The molecule has 0 bridgehead atoms. The smallest absolute Gasteiger partial charge is 0.157 e. The van der Waals surface area contributed by atoms with Gasteiger partial charge in [0.15, 0.2) is 5.78 Å². The van der Waals surface area contributed by atoms with Gasteiger partial charge < -0.3 is 9.84 Å². The first-order valence-electron chi connectivity index (χ1n) is 7.54. The highest BCUT2D eigenvalue weighted by molar-refractivity contribution is 5.85. The number of ketones is 1. The summed E-state index contributed by atoms with van der Waals surface area (Å²) in [6.45, 7) is 0.958. The molecule has 3 rings (SSSR count). The molecule has 0 aromatic carbocycles. The van der Waals surface area contributed by atoms with Crippen molar-refractivity contribution in [3.63, 3.8) is 0 Å². The molecule has 0 spiro atoms. The molecule has 1 saturated heterocycles. The summed E-state index contributed by atoms with van der Waals surface area (Å²) in [7, 11) is 0. The van der Waals surface area contributed by atoms with E-state index in [1.165, 1.54) is 32.1 Å². The van der Waals surface area contributed by atoms with Crippen LogP contribution in [0.2, 0.25) is 0 Å². The maximum absolute atomic E-state index is 12.1. The molecule has 0 radical (unpaired) electrons. The molecule has 19 heavy (non-hydrogen) atoms. The molecular weight excluding hydrogens is 240 g/mol. The molecule has 104 valence electrons. The number of piperidine rings is 1. The van der Waals surface area contributed by atoms with Gasteiger partial charge in [0.25, 0.3) is 0 Å². The van der Waals surface area contributed by atoms with Crippen LogP contribution in [0.25, 0.3) is 0 Å². The van der Waals surface area contributed by atoms with Crippen molar-refractivity contribution in [3.05, 3.63) is 17.5 Å². The van der Waals surface area contributed by atoms with Crippen molar-refractivity contribution in [1.82, 2.24) is 10.5 Å². The van der Waals surface area contributed by atoms with E-state index in [9.17, 15) is 4.79 Å². The zero-order valence-corrected chi connectivity index (χ0v) is 11.4. The minimum atomic E-state index is 0.0220. The third kappa shape index (κ3) is 3.06. The van der Waals surface area contributed by atoms with Crippen molar-refractivity contribution >= 4 is 5.78 Å². The van der Waals surface area contributed by atoms with Gasteiger partial charge >= 0.3 is 0 Å². The summed E-state index contributed by atoms with van der Waals surface area (Å²) in [5, 5.41) is 7.44. The van der Waals surface area contributed by atoms with Crippen molar-refractivity contribution in [2.45, 2.75) is 63.3 Å². The summed E-state index contributed by atoms with van der Waals surface area (Å²) in [5.74, 6) is 1.54. The lowest BCUT2D eigenvalue weighted by Gasteiger charge is -2.21. The van der Waals surface area contributed by atoms with E-state index in [1.54, 1.807) is 0 Å². The minimum Gasteiger partial charge on any atom is -0.361 e. The largest absolute Gasteiger partial charge is 0.361 e. The fraction of sp³-hybridized carbons (Fsp3) is 0.733. The van der Waals surface area contributed by atoms with Crippen molar-refractivity contribution in [2.24, 2.45) is 0 Å². The predicted octanol–water partition coefficient (Wildman–Crippen LogP) is 2.59. The molecule has 4 nitrogen and oxygen atoms in total. The number of nitrogens with one attached hydrogen (secondary N) is 1. The molecule has 2 fully saturated rings. The SMILES string of the molecule is O=C(Cc1cc(C2CCCC2)no1)[C@@H]1CCCCN1. The second-order valence-electron chi connectivity index (χ2n) is 5.85. The summed E-state index contributed by atoms with van der Waals surface area (Å²) in [5.41, 5.74) is 1.05. The Balaban J connectivity index is 1.58. The van der Waals surface area contributed by atoms with Crippen LogP contribution in [-0.4, -0.2) is 23.5 Å². The molecule has 4 heteroatoms. The van der Waals surface area contributed by atoms with Crippen LogP contribution in [-0.2, 0) is 11.2 Å². The first kappa shape index (κ1) is 12.9. The van der Waals surface area contributed by atoms with Crippen LogP contribution in [0.1, 0.15) is 62.3 Å². The zero-order chi connectivity index (χ0) is 13.1. The first-order valence-corrected chi connectivity index (χ1v) is 7.54. The average molecular weight is 262 g/mol. The van der Waals surface area contributed by atoms with Gasteiger partial charge in [-0.3, -0.25) is 4.79 Å². The van der Waals surface area contributed by atoms with E-state index < -0.39 is 0 Å². The van der Waals surface area contributed by atoms with Gasteiger partial charge in [0.05, 0.1) is 18.2 Å². The van der Waals surface area contributed by atoms with E-state index in [0.717, 1.165) is 30.8 Å². The summed E-state index contributed by atoms with van der Waals surface area (Å²) in [4.78, 5) is 12.1. The van der Waals surface area contributed by atoms with Gasteiger partial charge in [-0.05, 0) is 32.2 Å². The van der Waals surface area contributed by atoms with E-state index in [-0.39, 0.29) is 11.8 Å². The number of aromatic nitrogens is 1. The second-order valence-corrected chi connectivity index (χ2v) is 5.85.